The summed E-state index contributed by atoms with van der Waals surface area (Å²) in [4.78, 5) is 22.9. The van der Waals surface area contributed by atoms with Crippen molar-refractivity contribution in [2.24, 2.45) is 5.73 Å². The molecule has 0 saturated carbocycles. The van der Waals surface area contributed by atoms with Crippen LogP contribution in [0.2, 0.25) is 0 Å². The van der Waals surface area contributed by atoms with Gasteiger partial charge < -0.3 is 21.1 Å². The van der Waals surface area contributed by atoms with Crippen LogP contribution in [0.3, 0.4) is 0 Å². The van der Waals surface area contributed by atoms with Gasteiger partial charge >= 0.3 is 11.8 Å². The molecule has 0 saturated heterocycles. The maximum absolute atomic E-state index is 11.5. The fourth-order valence-electron chi connectivity index (χ4n) is 1.55. The first-order chi connectivity index (χ1) is 9.54. The van der Waals surface area contributed by atoms with Gasteiger partial charge in [-0.05, 0) is 18.1 Å². The van der Waals surface area contributed by atoms with E-state index in [2.05, 4.69) is 22.9 Å². The van der Waals surface area contributed by atoms with Crippen molar-refractivity contribution in [2.45, 2.75) is 6.42 Å². The highest BCUT2D eigenvalue weighted by atomic mass is 32.1. The number of hydrogen-bond donors (Lipinski definition) is 3. The molecule has 0 aliphatic heterocycles. The van der Waals surface area contributed by atoms with Gasteiger partial charge in [0.05, 0.1) is 18.6 Å². The van der Waals surface area contributed by atoms with E-state index in [0.29, 0.717) is 13.0 Å². The minimum absolute atomic E-state index is 0.00803. The Kier molecular flexibility index (Phi) is 6.45. The highest BCUT2D eigenvalue weighted by Gasteiger charge is 2.12. The molecular formula is C13H17N3O3S. The molecule has 4 N–H and O–H groups in total. The van der Waals surface area contributed by atoms with Crippen LogP contribution in [0.15, 0.2) is 24.3 Å². The number of rotatable bonds is 6. The number of carbonyl (C=O) groups excluding carboxylic acids is 2. The summed E-state index contributed by atoms with van der Waals surface area (Å²) in [6.07, 6.45) is 0.568. The van der Waals surface area contributed by atoms with Crippen LogP contribution in [0, 0.1) is 0 Å². The van der Waals surface area contributed by atoms with E-state index >= 15 is 0 Å². The molecule has 20 heavy (non-hydrogen) atoms. The van der Waals surface area contributed by atoms with Gasteiger partial charge in [-0.25, -0.2) is 0 Å². The van der Waals surface area contributed by atoms with E-state index < -0.39 is 11.8 Å². The Hall–Kier alpha value is -2.15. The molecule has 1 aromatic carbocycles. The topological polar surface area (TPSA) is 93.4 Å². The summed E-state index contributed by atoms with van der Waals surface area (Å²) < 4.78 is 5.20. The van der Waals surface area contributed by atoms with Crippen molar-refractivity contribution in [3.63, 3.8) is 0 Å². The largest absolute Gasteiger partial charge is 0.496 e. The monoisotopic (exact) mass is 295 g/mol. The average molecular weight is 295 g/mol. The number of benzene rings is 1. The molecule has 0 atom stereocenters. The second-order valence-electron chi connectivity index (χ2n) is 3.97. The molecule has 0 fully saturated rings. The molecule has 1 rings (SSSR count). The number of nitrogens with two attached hydrogens (primary N) is 1. The molecule has 1 aromatic rings. The van der Waals surface area contributed by atoms with Crippen LogP contribution < -0.4 is 21.1 Å². The first kappa shape index (κ1) is 15.9. The summed E-state index contributed by atoms with van der Waals surface area (Å²) in [5.74, 6) is -0.714. The smallest absolute Gasteiger partial charge is 0.309 e. The predicted octanol–water partition coefficient (Wildman–Crippen LogP) is -0.244. The molecule has 108 valence electrons. The van der Waals surface area contributed by atoms with Crippen molar-refractivity contribution in [1.82, 2.24) is 10.6 Å². The zero-order valence-corrected chi connectivity index (χ0v) is 12.0. The third-order valence-electron chi connectivity index (χ3n) is 2.50. The van der Waals surface area contributed by atoms with Crippen LogP contribution in [-0.2, 0) is 16.0 Å². The van der Waals surface area contributed by atoms with Gasteiger partial charge in [0.25, 0.3) is 0 Å². The molecule has 0 spiro atoms. The van der Waals surface area contributed by atoms with Crippen molar-refractivity contribution in [3.05, 3.63) is 29.8 Å². The molecule has 0 heterocycles. The SMILES string of the molecule is COc1ccccc1CCNC(=O)C(=O)NCC(N)=S. The average Bonchev–Trinajstić information content (AvgIpc) is 2.45. The van der Waals surface area contributed by atoms with Gasteiger partial charge in [0, 0.05) is 6.54 Å². The molecule has 0 radical (unpaired) electrons. The Bertz CT molecular complexity index is 505. The summed E-state index contributed by atoms with van der Waals surface area (Å²) in [6.45, 7) is 0.341. The quantitative estimate of drug-likeness (QED) is 0.497. The zero-order chi connectivity index (χ0) is 15.0. The molecule has 0 unspecified atom stereocenters. The van der Waals surface area contributed by atoms with Crippen molar-refractivity contribution >= 4 is 29.0 Å². The fraction of sp³-hybridized carbons (Fsp3) is 0.308. The molecule has 7 heteroatoms. The molecule has 0 aliphatic rings. The van der Waals surface area contributed by atoms with E-state index in [4.69, 9.17) is 10.5 Å². The number of methoxy groups -OCH3 is 1. The first-order valence-electron chi connectivity index (χ1n) is 6.00. The maximum Gasteiger partial charge on any atom is 0.309 e. The van der Waals surface area contributed by atoms with Crippen LogP contribution in [0.25, 0.3) is 0 Å². The van der Waals surface area contributed by atoms with E-state index in [9.17, 15) is 9.59 Å². The summed E-state index contributed by atoms with van der Waals surface area (Å²) in [7, 11) is 1.58. The minimum atomic E-state index is -0.752. The van der Waals surface area contributed by atoms with Crippen LogP contribution in [0.1, 0.15) is 5.56 Å². The molecule has 0 aromatic heterocycles. The molecule has 0 bridgehead atoms. The summed E-state index contributed by atoms with van der Waals surface area (Å²) in [6, 6.07) is 7.49. The lowest BCUT2D eigenvalue weighted by Crippen LogP contribution is -2.43. The summed E-state index contributed by atoms with van der Waals surface area (Å²) in [5, 5.41) is 4.83. The van der Waals surface area contributed by atoms with Gasteiger partial charge in [-0.1, -0.05) is 30.4 Å². The number of amides is 2. The van der Waals surface area contributed by atoms with Crippen LogP contribution in [-0.4, -0.2) is 37.0 Å². The van der Waals surface area contributed by atoms with E-state index in [1.807, 2.05) is 24.3 Å². The minimum Gasteiger partial charge on any atom is -0.496 e. The van der Waals surface area contributed by atoms with Crippen LogP contribution in [0.5, 0.6) is 5.75 Å². The highest BCUT2D eigenvalue weighted by molar-refractivity contribution is 7.80. The Balaban J connectivity index is 2.38. The third-order valence-corrected chi connectivity index (χ3v) is 2.65. The number of carbonyl (C=O) groups is 2. The fourth-order valence-corrected chi connectivity index (χ4v) is 1.62. The van der Waals surface area contributed by atoms with Crippen molar-refractivity contribution in [2.75, 3.05) is 20.2 Å². The molecule has 2 amide bonds. The van der Waals surface area contributed by atoms with Gasteiger partial charge in [-0.2, -0.15) is 0 Å². The predicted molar refractivity (Wildman–Crippen MR) is 79.5 cm³/mol. The second-order valence-corrected chi connectivity index (χ2v) is 4.49. The lowest BCUT2D eigenvalue weighted by Gasteiger charge is -2.09. The van der Waals surface area contributed by atoms with Gasteiger partial charge in [-0.15, -0.1) is 0 Å². The van der Waals surface area contributed by atoms with Crippen LogP contribution >= 0.6 is 12.2 Å². The zero-order valence-electron chi connectivity index (χ0n) is 11.1. The van der Waals surface area contributed by atoms with Gasteiger partial charge in [-0.3, -0.25) is 9.59 Å². The molecule has 0 aliphatic carbocycles. The van der Waals surface area contributed by atoms with Crippen LogP contribution in [0.4, 0.5) is 0 Å². The van der Waals surface area contributed by atoms with E-state index in [1.165, 1.54) is 0 Å². The maximum atomic E-state index is 11.5. The van der Waals surface area contributed by atoms with E-state index in [-0.39, 0.29) is 11.5 Å². The number of thiocarbonyl (C=S) groups is 1. The van der Waals surface area contributed by atoms with Gasteiger partial charge in [0.2, 0.25) is 0 Å². The Morgan fingerprint density at radius 2 is 1.90 bits per heavy atom. The first-order valence-corrected chi connectivity index (χ1v) is 6.41. The number of ether oxygens (including phenoxy) is 1. The van der Waals surface area contributed by atoms with Crippen molar-refractivity contribution < 1.29 is 14.3 Å². The van der Waals surface area contributed by atoms with Crippen molar-refractivity contribution in [3.8, 4) is 5.75 Å². The van der Waals surface area contributed by atoms with E-state index in [0.717, 1.165) is 11.3 Å². The van der Waals surface area contributed by atoms with Crippen molar-refractivity contribution in [1.29, 1.82) is 0 Å². The third kappa shape index (κ3) is 5.23. The Morgan fingerprint density at radius 1 is 1.25 bits per heavy atom. The number of hydrogen-bond acceptors (Lipinski definition) is 4. The second kappa shape index (κ2) is 8.11. The number of para-hydroxylation sites is 1. The Morgan fingerprint density at radius 3 is 2.55 bits per heavy atom. The normalized spacial score (nSPS) is 9.65. The molecular weight excluding hydrogens is 278 g/mol. The lowest BCUT2D eigenvalue weighted by molar-refractivity contribution is -0.139. The van der Waals surface area contributed by atoms with Gasteiger partial charge in [0.15, 0.2) is 0 Å². The Labute approximate surface area is 122 Å². The standard InChI is InChI=1S/C13H17N3O3S/c1-19-10-5-3-2-4-9(10)6-7-15-12(17)13(18)16-8-11(14)20/h2-5H,6-8H2,1H3,(H2,14,20)(H,15,17)(H,16,18). The summed E-state index contributed by atoms with van der Waals surface area (Å²) in [5.41, 5.74) is 6.18. The highest BCUT2D eigenvalue weighted by Crippen LogP contribution is 2.17. The number of nitrogens with one attached hydrogen (secondary N) is 2. The lowest BCUT2D eigenvalue weighted by atomic mass is 10.1. The summed E-state index contributed by atoms with van der Waals surface area (Å²) >= 11 is 4.60. The van der Waals surface area contributed by atoms with E-state index in [1.54, 1.807) is 7.11 Å². The van der Waals surface area contributed by atoms with Gasteiger partial charge in [0.1, 0.15) is 5.75 Å². The molecule has 6 nitrogen and oxygen atoms in total.